The van der Waals surface area contributed by atoms with Crippen LogP contribution >= 0.6 is 0 Å². The third-order valence-corrected chi connectivity index (χ3v) is 6.04. The maximum Gasteiger partial charge on any atom is 0.0703 e. The van der Waals surface area contributed by atoms with E-state index in [2.05, 4.69) is 91.8 Å². The Hall–Kier alpha value is -2.22. The Balaban J connectivity index is 2.13. The molecular weight excluding hydrogens is 352 g/mol. The first-order valence-corrected chi connectivity index (χ1v) is 11.1. The van der Waals surface area contributed by atoms with Gasteiger partial charge in [-0.05, 0) is 59.3 Å². The molecule has 0 saturated carbocycles. The fraction of sp³-hybridized carbons (Fsp3) is 0.481. The van der Waals surface area contributed by atoms with Crippen LogP contribution in [0.15, 0.2) is 46.4 Å². The van der Waals surface area contributed by atoms with Gasteiger partial charge in [-0.15, -0.1) is 0 Å². The first kappa shape index (κ1) is 21.5. The summed E-state index contributed by atoms with van der Waals surface area (Å²) in [7, 11) is 0. The molecule has 2 aromatic rings. The molecule has 3 rings (SSSR count). The largest absolute Gasteiger partial charge is 0.251 e. The van der Waals surface area contributed by atoms with Gasteiger partial charge in [-0.2, -0.15) is 0 Å². The topological polar surface area (TPSA) is 24.7 Å². The molecule has 0 aromatic heterocycles. The van der Waals surface area contributed by atoms with Gasteiger partial charge in [-0.3, -0.25) is 9.98 Å². The Morgan fingerprint density at radius 2 is 1.38 bits per heavy atom. The van der Waals surface area contributed by atoms with Crippen LogP contribution < -0.4 is 0 Å². The van der Waals surface area contributed by atoms with Crippen molar-refractivity contribution in [2.24, 2.45) is 9.98 Å². The van der Waals surface area contributed by atoms with Crippen LogP contribution in [0.25, 0.3) is 0 Å². The molecule has 2 heteroatoms. The second-order valence-corrected chi connectivity index (χ2v) is 9.40. The number of rotatable bonds is 5. The zero-order chi connectivity index (χ0) is 21.3. The standard InChI is InChI=1S/C27H36N2/c1-16(2)21-11-9-12-22(17(3)4)26(21)28-20(8)25-15-19(7)24-14-10-13-23(18(5)6)27(24)29-25/h9-14,16-19H,15H2,1-8H3/b28-20+. The van der Waals surface area contributed by atoms with Crippen molar-refractivity contribution >= 4 is 22.8 Å². The third-order valence-electron chi connectivity index (χ3n) is 6.04. The molecule has 2 nitrogen and oxygen atoms in total. The number of aliphatic imine (C=N–C) groups is 2. The smallest absolute Gasteiger partial charge is 0.0703 e. The van der Waals surface area contributed by atoms with Crippen LogP contribution in [0.4, 0.5) is 11.4 Å². The number of nitrogens with zero attached hydrogens (tertiary/aromatic N) is 2. The highest BCUT2D eigenvalue weighted by Gasteiger charge is 2.24. The van der Waals surface area contributed by atoms with E-state index in [9.17, 15) is 0 Å². The van der Waals surface area contributed by atoms with Crippen LogP contribution in [0.3, 0.4) is 0 Å². The van der Waals surface area contributed by atoms with E-state index in [1.807, 2.05) is 0 Å². The van der Waals surface area contributed by atoms with Crippen LogP contribution in [-0.4, -0.2) is 11.4 Å². The van der Waals surface area contributed by atoms with E-state index in [4.69, 9.17) is 9.98 Å². The number of para-hydroxylation sites is 2. The highest BCUT2D eigenvalue weighted by Crippen LogP contribution is 2.40. The van der Waals surface area contributed by atoms with E-state index in [1.54, 1.807) is 0 Å². The Labute approximate surface area is 177 Å². The van der Waals surface area contributed by atoms with Crippen LogP contribution in [-0.2, 0) is 0 Å². The Morgan fingerprint density at radius 3 is 1.93 bits per heavy atom. The van der Waals surface area contributed by atoms with E-state index in [1.165, 1.54) is 27.9 Å². The second-order valence-electron chi connectivity index (χ2n) is 9.40. The molecule has 0 fully saturated rings. The van der Waals surface area contributed by atoms with Gasteiger partial charge < -0.3 is 0 Å². The SMILES string of the molecule is C/C(=N\c1c(C(C)C)cccc1C(C)C)C1=Nc2c(C(C)C)cccc2C(C)C1. The summed E-state index contributed by atoms with van der Waals surface area (Å²) in [4.78, 5) is 10.3. The summed E-state index contributed by atoms with van der Waals surface area (Å²) < 4.78 is 0. The number of benzene rings is 2. The lowest BCUT2D eigenvalue weighted by atomic mass is 9.86. The maximum atomic E-state index is 5.19. The quantitative estimate of drug-likeness (QED) is 0.459. The molecule has 0 bridgehead atoms. The molecular formula is C27H36N2. The minimum absolute atomic E-state index is 0.445. The second kappa shape index (κ2) is 8.65. The molecule has 154 valence electrons. The van der Waals surface area contributed by atoms with Gasteiger partial charge in [0.1, 0.15) is 0 Å². The van der Waals surface area contributed by atoms with Crippen molar-refractivity contribution in [1.29, 1.82) is 0 Å². The lowest BCUT2D eigenvalue weighted by molar-refractivity contribution is 0.782. The van der Waals surface area contributed by atoms with Gasteiger partial charge in [0, 0.05) is 0 Å². The molecule has 0 radical (unpaired) electrons. The highest BCUT2D eigenvalue weighted by atomic mass is 14.8. The van der Waals surface area contributed by atoms with Gasteiger partial charge in [0.2, 0.25) is 0 Å². The van der Waals surface area contributed by atoms with Gasteiger partial charge in [0.05, 0.1) is 22.8 Å². The number of hydrogen-bond acceptors (Lipinski definition) is 2. The molecule has 0 aliphatic carbocycles. The van der Waals surface area contributed by atoms with Crippen LogP contribution in [0.5, 0.6) is 0 Å². The first-order valence-electron chi connectivity index (χ1n) is 11.1. The van der Waals surface area contributed by atoms with E-state index in [0.717, 1.165) is 23.5 Å². The van der Waals surface area contributed by atoms with E-state index in [-0.39, 0.29) is 0 Å². The van der Waals surface area contributed by atoms with Crippen LogP contribution in [0.1, 0.15) is 108 Å². The molecule has 0 saturated heterocycles. The van der Waals surface area contributed by atoms with Gasteiger partial charge in [-0.25, -0.2) is 0 Å². The summed E-state index contributed by atoms with van der Waals surface area (Å²) in [5, 5.41) is 0. The summed E-state index contributed by atoms with van der Waals surface area (Å²) in [5.74, 6) is 1.82. The van der Waals surface area contributed by atoms with E-state index in [0.29, 0.717) is 23.7 Å². The molecule has 1 heterocycles. The molecule has 0 N–H and O–H groups in total. The van der Waals surface area contributed by atoms with Crippen LogP contribution in [0.2, 0.25) is 0 Å². The van der Waals surface area contributed by atoms with Crippen molar-refractivity contribution in [3.8, 4) is 0 Å². The van der Waals surface area contributed by atoms with Crippen LogP contribution in [0, 0.1) is 0 Å². The van der Waals surface area contributed by atoms with Gasteiger partial charge in [0.15, 0.2) is 0 Å². The average Bonchev–Trinajstić information content (AvgIpc) is 2.67. The fourth-order valence-corrected chi connectivity index (χ4v) is 4.25. The minimum Gasteiger partial charge on any atom is -0.251 e. The zero-order valence-electron chi connectivity index (χ0n) is 19.4. The van der Waals surface area contributed by atoms with Crippen molar-refractivity contribution in [2.45, 2.75) is 85.5 Å². The first-order chi connectivity index (χ1) is 13.7. The highest BCUT2D eigenvalue weighted by molar-refractivity contribution is 6.43. The van der Waals surface area contributed by atoms with E-state index >= 15 is 0 Å². The molecule has 2 aromatic carbocycles. The van der Waals surface area contributed by atoms with Crippen molar-refractivity contribution < 1.29 is 0 Å². The predicted molar refractivity (Wildman–Crippen MR) is 128 cm³/mol. The predicted octanol–water partition coefficient (Wildman–Crippen LogP) is 8.43. The summed E-state index contributed by atoms with van der Waals surface area (Å²) >= 11 is 0. The monoisotopic (exact) mass is 388 g/mol. The molecule has 1 unspecified atom stereocenters. The van der Waals surface area contributed by atoms with Crippen molar-refractivity contribution in [1.82, 2.24) is 0 Å². The molecule has 1 aliphatic heterocycles. The Bertz CT molecular complexity index is 919. The third kappa shape index (κ3) is 4.37. The lowest BCUT2D eigenvalue weighted by Crippen LogP contribution is -2.18. The minimum atomic E-state index is 0.445. The number of fused-ring (bicyclic) bond motifs is 1. The van der Waals surface area contributed by atoms with Gasteiger partial charge >= 0.3 is 0 Å². The summed E-state index contributed by atoms with van der Waals surface area (Å²) in [6, 6.07) is 13.3. The summed E-state index contributed by atoms with van der Waals surface area (Å²) in [5.41, 5.74) is 9.86. The van der Waals surface area contributed by atoms with Crippen molar-refractivity contribution in [3.63, 3.8) is 0 Å². The fourth-order valence-electron chi connectivity index (χ4n) is 4.25. The molecule has 0 amide bonds. The molecule has 0 spiro atoms. The molecule has 1 aliphatic rings. The van der Waals surface area contributed by atoms with Crippen molar-refractivity contribution in [2.75, 3.05) is 0 Å². The van der Waals surface area contributed by atoms with Crippen molar-refractivity contribution in [3.05, 3.63) is 58.7 Å². The van der Waals surface area contributed by atoms with Gasteiger partial charge in [0.25, 0.3) is 0 Å². The van der Waals surface area contributed by atoms with E-state index < -0.39 is 0 Å². The average molecular weight is 389 g/mol. The molecule has 29 heavy (non-hydrogen) atoms. The summed E-state index contributed by atoms with van der Waals surface area (Å²) in [6.45, 7) is 17.9. The maximum absolute atomic E-state index is 5.19. The van der Waals surface area contributed by atoms with Gasteiger partial charge in [-0.1, -0.05) is 84.9 Å². The molecule has 1 atom stereocenters. The zero-order valence-corrected chi connectivity index (χ0v) is 19.4. The normalized spacial score (nSPS) is 17.1. The lowest BCUT2D eigenvalue weighted by Gasteiger charge is -2.25. The summed E-state index contributed by atoms with van der Waals surface area (Å²) in [6.07, 6.45) is 0.949. The number of hydrogen-bond donors (Lipinski definition) is 0. The Kier molecular flexibility index (Phi) is 6.41. The Morgan fingerprint density at radius 1 is 0.862 bits per heavy atom.